The summed E-state index contributed by atoms with van der Waals surface area (Å²) in [7, 11) is 0. The van der Waals surface area contributed by atoms with Crippen LogP contribution in [-0.2, 0) is 33.9 Å². The maximum absolute atomic E-state index is 13.1. The summed E-state index contributed by atoms with van der Waals surface area (Å²) >= 11 is 0. The summed E-state index contributed by atoms with van der Waals surface area (Å²) in [5.74, 6) is 5.57. The average molecular weight is 774 g/mol. The molecule has 8 rings (SSSR count). The van der Waals surface area contributed by atoms with Gasteiger partial charge in [-0.05, 0) is 42.1 Å². The van der Waals surface area contributed by atoms with Gasteiger partial charge in [0, 0.05) is 91.9 Å². The third kappa shape index (κ3) is 7.49. The second kappa shape index (κ2) is 16.1. The molecule has 0 aliphatic carbocycles. The number of pyridine rings is 3. The third-order valence-corrected chi connectivity index (χ3v) is 10.5. The Hall–Kier alpha value is -7.27. The van der Waals surface area contributed by atoms with Gasteiger partial charge in [0.25, 0.3) is 11.8 Å². The molecule has 1 fully saturated rings. The van der Waals surface area contributed by atoms with E-state index in [0.717, 1.165) is 52.1 Å². The van der Waals surface area contributed by atoms with E-state index in [4.69, 9.17) is 9.97 Å². The van der Waals surface area contributed by atoms with E-state index in [0.29, 0.717) is 53.8 Å². The molecule has 4 aromatic heterocycles. The van der Waals surface area contributed by atoms with Crippen LogP contribution in [0.15, 0.2) is 79.3 Å². The Labute approximate surface area is 333 Å². The second-order valence-electron chi connectivity index (χ2n) is 14.1. The monoisotopic (exact) mass is 773 g/mol. The zero-order valence-electron chi connectivity index (χ0n) is 32.0. The smallest absolute Gasteiger partial charge is 0.269 e. The van der Waals surface area contributed by atoms with Gasteiger partial charge in [-0.25, -0.2) is 4.98 Å². The van der Waals surface area contributed by atoms with Crippen LogP contribution >= 0.6 is 0 Å². The maximum atomic E-state index is 13.1. The highest BCUT2D eigenvalue weighted by Crippen LogP contribution is 2.34. The van der Waals surface area contributed by atoms with Gasteiger partial charge < -0.3 is 20.1 Å². The number of imidazole rings is 1. The van der Waals surface area contributed by atoms with Crippen molar-refractivity contribution in [3.63, 3.8) is 0 Å². The van der Waals surface area contributed by atoms with Gasteiger partial charge in [-0.15, -0.1) is 0 Å². The number of hydrogen-bond donors (Lipinski definition) is 3. The molecule has 6 aromatic rings. The molecule has 2 aliphatic rings. The Kier molecular flexibility index (Phi) is 10.4. The molecule has 2 aromatic carbocycles. The van der Waals surface area contributed by atoms with E-state index in [1.807, 2.05) is 47.5 Å². The fraction of sp³-hybridized carbons (Fsp3) is 0.250. The largest absolute Gasteiger partial charge is 0.350 e. The van der Waals surface area contributed by atoms with Crippen LogP contribution in [0.25, 0.3) is 44.2 Å². The first-order valence-electron chi connectivity index (χ1n) is 19.2. The maximum Gasteiger partial charge on any atom is 0.269 e. The van der Waals surface area contributed by atoms with E-state index in [1.165, 1.54) is 0 Å². The van der Waals surface area contributed by atoms with Crippen molar-refractivity contribution in [3.8, 4) is 34.4 Å². The zero-order valence-corrected chi connectivity index (χ0v) is 32.0. The molecule has 14 heteroatoms. The predicted molar refractivity (Wildman–Crippen MR) is 216 cm³/mol. The van der Waals surface area contributed by atoms with E-state index >= 15 is 0 Å². The van der Waals surface area contributed by atoms with Crippen LogP contribution in [0.4, 0.5) is 0 Å². The molecule has 58 heavy (non-hydrogen) atoms. The number of imide groups is 1. The number of hydrogen-bond acceptors (Lipinski definition) is 9. The molecule has 14 nitrogen and oxygen atoms in total. The van der Waals surface area contributed by atoms with Gasteiger partial charge in [0.2, 0.25) is 17.7 Å². The summed E-state index contributed by atoms with van der Waals surface area (Å²) in [5, 5.41) is 10.4. The summed E-state index contributed by atoms with van der Waals surface area (Å²) in [6.07, 6.45) is 6.59. The van der Waals surface area contributed by atoms with Gasteiger partial charge in [0.05, 0.1) is 34.7 Å². The van der Waals surface area contributed by atoms with Crippen molar-refractivity contribution in [3.05, 3.63) is 108 Å². The lowest BCUT2D eigenvalue weighted by Gasteiger charge is -2.28. The van der Waals surface area contributed by atoms with E-state index in [-0.39, 0.29) is 36.3 Å². The normalized spacial score (nSPS) is 15.0. The van der Waals surface area contributed by atoms with Crippen molar-refractivity contribution in [2.75, 3.05) is 13.1 Å². The van der Waals surface area contributed by atoms with Crippen molar-refractivity contribution in [1.29, 1.82) is 0 Å². The minimum Gasteiger partial charge on any atom is -0.350 e. The lowest BCUT2D eigenvalue weighted by molar-refractivity contribution is -0.134. The third-order valence-electron chi connectivity index (χ3n) is 10.5. The molecule has 0 saturated carbocycles. The number of aryl methyl sites for hydroxylation is 1. The molecule has 6 heterocycles. The molecule has 1 unspecified atom stereocenters. The summed E-state index contributed by atoms with van der Waals surface area (Å²) in [6, 6.07) is 17.7. The molecule has 1 saturated heterocycles. The summed E-state index contributed by atoms with van der Waals surface area (Å²) in [4.78, 5) is 82.4. The van der Waals surface area contributed by atoms with E-state index < -0.39 is 17.9 Å². The summed E-state index contributed by atoms with van der Waals surface area (Å²) in [5.41, 5.74) is 6.02. The first kappa shape index (κ1) is 37.6. The number of amides is 5. The minimum absolute atomic E-state index is 0.0516. The molecular formula is C44H39N9O5. The highest BCUT2D eigenvalue weighted by atomic mass is 16.2. The summed E-state index contributed by atoms with van der Waals surface area (Å²) < 4.78 is 2.24. The molecule has 1 atom stereocenters. The number of para-hydroxylation sites is 1. The number of fused-ring (bicyclic) bond motifs is 3. The molecule has 5 amide bonds. The molecule has 0 bridgehead atoms. The second-order valence-corrected chi connectivity index (χ2v) is 14.1. The highest BCUT2D eigenvalue weighted by molar-refractivity contribution is 6.09. The highest BCUT2D eigenvalue weighted by Gasteiger charge is 2.29. The molecule has 0 radical (unpaired) electrons. The van der Waals surface area contributed by atoms with Crippen molar-refractivity contribution >= 4 is 51.2 Å². The Morgan fingerprint density at radius 2 is 1.81 bits per heavy atom. The fourth-order valence-corrected chi connectivity index (χ4v) is 7.43. The first-order chi connectivity index (χ1) is 28.2. The van der Waals surface area contributed by atoms with Crippen LogP contribution in [0.1, 0.15) is 71.0 Å². The first-order valence-corrected chi connectivity index (χ1v) is 19.2. The van der Waals surface area contributed by atoms with Crippen molar-refractivity contribution in [2.45, 2.75) is 58.7 Å². The van der Waals surface area contributed by atoms with Gasteiger partial charge >= 0.3 is 0 Å². The van der Waals surface area contributed by atoms with Crippen molar-refractivity contribution < 1.29 is 24.0 Å². The van der Waals surface area contributed by atoms with E-state index in [1.54, 1.807) is 43.6 Å². The van der Waals surface area contributed by atoms with Crippen LogP contribution in [0.3, 0.4) is 0 Å². The predicted octanol–water partition coefficient (Wildman–Crippen LogP) is 4.34. The Balaban J connectivity index is 0.907. The molecule has 0 spiro atoms. The Morgan fingerprint density at radius 1 is 0.948 bits per heavy atom. The standard InChI is InChI=1S/C44H39N9O5/c1-3-38-50-41(37-25-52(26(2)54)20-21-53(37)38)31-11-6-9-28-22-36(48-24-33(28)31)29-13-14-34(47-23-29)43(57)46-18-5-4-8-27-17-19-45-40-30(27)10-7-12-32(40)42(56)49-35-15-16-39(55)51-44(35)58/h6-7,9-14,17,19,22-24,35H,3,5,15-16,18,20-21,25H2,1-2H3,(H,46,57)(H,49,56)(H,51,55,58). The van der Waals surface area contributed by atoms with E-state index in [9.17, 15) is 24.0 Å². The van der Waals surface area contributed by atoms with Crippen LogP contribution in [0.2, 0.25) is 0 Å². The lowest BCUT2D eigenvalue weighted by Crippen LogP contribution is -2.52. The van der Waals surface area contributed by atoms with Gasteiger partial charge in [-0.2, -0.15) is 0 Å². The SMILES string of the molecule is CCc1nc(-c2cccc3cc(-c4ccc(C(=O)NCCC#Cc5ccnc6c(C(=O)NC7CCC(=O)NC7=O)cccc56)nc4)ncc23)c2n1CCN(C(C)=O)C2. The number of rotatable bonds is 8. The fourth-order valence-electron chi connectivity index (χ4n) is 7.43. The number of carbonyl (C=O) groups is 5. The van der Waals surface area contributed by atoms with Crippen LogP contribution in [0, 0.1) is 11.8 Å². The average Bonchev–Trinajstić information content (AvgIpc) is 3.61. The molecule has 3 N–H and O–H groups in total. The number of benzene rings is 2. The number of nitrogens with one attached hydrogen (secondary N) is 3. The summed E-state index contributed by atoms with van der Waals surface area (Å²) in [6.45, 7) is 5.90. The molecule has 2 aliphatic heterocycles. The van der Waals surface area contributed by atoms with Gasteiger partial charge in [-0.3, -0.25) is 44.2 Å². The lowest BCUT2D eigenvalue weighted by atomic mass is 10.0. The topological polar surface area (TPSA) is 181 Å². The zero-order chi connectivity index (χ0) is 40.3. The van der Waals surface area contributed by atoms with Gasteiger partial charge in [0.1, 0.15) is 17.6 Å². The quantitative estimate of drug-likeness (QED) is 0.115. The number of piperidine rings is 1. The van der Waals surface area contributed by atoms with Crippen molar-refractivity contribution in [1.82, 2.24) is 45.4 Å². The molecular weight excluding hydrogens is 735 g/mol. The number of aromatic nitrogens is 5. The van der Waals surface area contributed by atoms with Crippen LogP contribution < -0.4 is 16.0 Å². The van der Waals surface area contributed by atoms with Crippen LogP contribution in [0.5, 0.6) is 0 Å². The van der Waals surface area contributed by atoms with E-state index in [2.05, 4.69) is 49.3 Å². The van der Waals surface area contributed by atoms with Crippen molar-refractivity contribution in [2.24, 2.45) is 0 Å². The minimum atomic E-state index is -0.805. The Bertz CT molecular complexity index is 2710. The molecule has 290 valence electrons. The number of carbonyl (C=O) groups excluding carboxylic acids is 5. The van der Waals surface area contributed by atoms with Gasteiger partial charge in [0.15, 0.2) is 0 Å². The van der Waals surface area contributed by atoms with Crippen LogP contribution in [-0.4, -0.2) is 78.1 Å². The Morgan fingerprint density at radius 3 is 2.60 bits per heavy atom. The number of nitrogens with zero attached hydrogens (tertiary/aromatic N) is 6. The van der Waals surface area contributed by atoms with Gasteiger partial charge in [-0.1, -0.05) is 49.1 Å².